The Morgan fingerprint density at radius 3 is 2.46 bits per heavy atom. The highest BCUT2D eigenvalue weighted by molar-refractivity contribution is 14.0. The molecular weight excluding hydrogens is 465 g/mol. The summed E-state index contributed by atoms with van der Waals surface area (Å²) in [5.41, 5.74) is 1.22. The van der Waals surface area contributed by atoms with Crippen molar-refractivity contribution in [2.45, 2.75) is 56.7 Å². The number of hydrogen-bond donors (Lipinski definition) is 2. The molecule has 1 saturated heterocycles. The molecule has 160 valence electrons. The standard InChI is InChI=1S/C20H37N7.HI/c1-21-20(22-14-19(25(2)3)16-13-23-26(4)15-16)24-17-9-11-27(12-10-17)18-7-5-6-8-18;/h13,15,17-19H,5-12,14H2,1-4H3,(H2,21,22,24);1H. The predicted molar refractivity (Wildman–Crippen MR) is 126 cm³/mol. The van der Waals surface area contributed by atoms with E-state index in [2.05, 4.69) is 50.8 Å². The molecule has 2 fully saturated rings. The molecule has 0 spiro atoms. The summed E-state index contributed by atoms with van der Waals surface area (Å²) in [5.74, 6) is 0.907. The van der Waals surface area contributed by atoms with E-state index in [9.17, 15) is 0 Å². The lowest BCUT2D eigenvalue weighted by molar-refractivity contribution is 0.150. The molecule has 1 atom stereocenters. The number of rotatable bonds is 6. The SMILES string of the molecule is CN=C(NCC(c1cnn(C)c1)N(C)C)NC1CCN(C2CCCC2)CC1.I. The highest BCUT2D eigenvalue weighted by atomic mass is 127. The largest absolute Gasteiger partial charge is 0.354 e. The number of aromatic nitrogens is 2. The van der Waals surface area contributed by atoms with Crippen LogP contribution in [0.4, 0.5) is 0 Å². The first-order valence-electron chi connectivity index (χ1n) is 10.4. The summed E-state index contributed by atoms with van der Waals surface area (Å²) in [4.78, 5) is 9.38. The first kappa shape index (κ1) is 23.4. The van der Waals surface area contributed by atoms with Crippen molar-refractivity contribution < 1.29 is 0 Å². The molecule has 1 aromatic rings. The van der Waals surface area contributed by atoms with E-state index < -0.39 is 0 Å². The minimum atomic E-state index is 0. The number of hydrogen-bond acceptors (Lipinski definition) is 4. The molecule has 0 aromatic carbocycles. The van der Waals surface area contributed by atoms with E-state index in [4.69, 9.17) is 0 Å². The van der Waals surface area contributed by atoms with Gasteiger partial charge in [-0.2, -0.15) is 5.10 Å². The molecule has 0 bridgehead atoms. The fourth-order valence-electron chi connectivity index (χ4n) is 4.47. The predicted octanol–water partition coefficient (Wildman–Crippen LogP) is 2.21. The van der Waals surface area contributed by atoms with Crippen molar-refractivity contribution in [1.29, 1.82) is 0 Å². The van der Waals surface area contributed by atoms with Crippen LogP contribution in [0.25, 0.3) is 0 Å². The van der Waals surface area contributed by atoms with E-state index in [1.54, 1.807) is 0 Å². The molecule has 1 aliphatic carbocycles. The zero-order chi connectivity index (χ0) is 19.2. The summed E-state index contributed by atoms with van der Waals surface area (Å²) < 4.78 is 1.86. The van der Waals surface area contributed by atoms with E-state index in [-0.39, 0.29) is 30.0 Å². The van der Waals surface area contributed by atoms with Crippen LogP contribution in [-0.2, 0) is 7.05 Å². The lowest BCUT2D eigenvalue weighted by atomic mass is 10.0. The average molecular weight is 503 g/mol. The highest BCUT2D eigenvalue weighted by Crippen LogP contribution is 2.26. The third-order valence-corrected chi connectivity index (χ3v) is 6.13. The van der Waals surface area contributed by atoms with E-state index in [0.717, 1.165) is 18.5 Å². The maximum absolute atomic E-state index is 4.45. The topological polar surface area (TPSA) is 60.7 Å². The molecule has 1 saturated carbocycles. The summed E-state index contributed by atoms with van der Waals surface area (Å²) in [6.45, 7) is 3.24. The first-order valence-corrected chi connectivity index (χ1v) is 10.4. The van der Waals surface area contributed by atoms with Crippen LogP contribution in [-0.4, -0.2) is 78.4 Å². The molecule has 1 unspecified atom stereocenters. The molecule has 2 N–H and O–H groups in total. The van der Waals surface area contributed by atoms with E-state index >= 15 is 0 Å². The number of piperidine rings is 1. The van der Waals surface area contributed by atoms with Crippen LogP contribution in [0.3, 0.4) is 0 Å². The van der Waals surface area contributed by atoms with Crippen molar-refractivity contribution in [3.63, 3.8) is 0 Å². The first-order chi connectivity index (χ1) is 13.1. The number of aliphatic imine (C=N–C) groups is 1. The minimum absolute atomic E-state index is 0. The van der Waals surface area contributed by atoms with Gasteiger partial charge in [-0.1, -0.05) is 12.8 Å². The van der Waals surface area contributed by atoms with Gasteiger partial charge < -0.3 is 20.4 Å². The number of nitrogens with one attached hydrogen (secondary N) is 2. The monoisotopic (exact) mass is 503 g/mol. The fourth-order valence-corrected chi connectivity index (χ4v) is 4.47. The van der Waals surface area contributed by atoms with Crippen LogP contribution in [0.5, 0.6) is 0 Å². The normalized spacial score (nSPS) is 21.0. The van der Waals surface area contributed by atoms with Gasteiger partial charge in [-0.3, -0.25) is 9.67 Å². The number of nitrogens with zero attached hydrogens (tertiary/aromatic N) is 5. The van der Waals surface area contributed by atoms with Crippen molar-refractivity contribution in [3.8, 4) is 0 Å². The molecule has 7 nitrogen and oxygen atoms in total. The van der Waals surface area contributed by atoms with E-state index in [1.807, 2.05) is 25.0 Å². The molecule has 8 heteroatoms. The van der Waals surface area contributed by atoms with Gasteiger partial charge in [0, 0.05) is 57.6 Å². The summed E-state index contributed by atoms with van der Waals surface area (Å²) in [7, 11) is 8.03. The number of aryl methyl sites for hydroxylation is 1. The summed E-state index contributed by atoms with van der Waals surface area (Å²) >= 11 is 0. The smallest absolute Gasteiger partial charge is 0.191 e. The third kappa shape index (κ3) is 6.32. The van der Waals surface area contributed by atoms with Gasteiger partial charge in [0.1, 0.15) is 0 Å². The van der Waals surface area contributed by atoms with Crippen molar-refractivity contribution in [1.82, 2.24) is 30.2 Å². The molecular formula is C20H38IN7. The van der Waals surface area contributed by atoms with Crippen LogP contribution in [0, 0.1) is 0 Å². The summed E-state index contributed by atoms with van der Waals surface area (Å²) in [6, 6.07) is 1.63. The Labute approximate surface area is 187 Å². The number of halogens is 1. The van der Waals surface area contributed by atoms with Crippen molar-refractivity contribution in [3.05, 3.63) is 18.0 Å². The molecule has 1 aliphatic heterocycles. The van der Waals surface area contributed by atoms with Gasteiger partial charge >= 0.3 is 0 Å². The van der Waals surface area contributed by atoms with E-state index in [1.165, 1.54) is 57.2 Å². The van der Waals surface area contributed by atoms with Crippen LogP contribution >= 0.6 is 24.0 Å². The zero-order valence-electron chi connectivity index (χ0n) is 17.9. The highest BCUT2D eigenvalue weighted by Gasteiger charge is 2.27. The van der Waals surface area contributed by atoms with Crippen molar-refractivity contribution in [2.75, 3.05) is 40.8 Å². The minimum Gasteiger partial charge on any atom is -0.354 e. The average Bonchev–Trinajstić information content (AvgIpc) is 3.33. The lowest BCUT2D eigenvalue weighted by Gasteiger charge is -2.36. The van der Waals surface area contributed by atoms with Crippen molar-refractivity contribution >= 4 is 29.9 Å². The van der Waals surface area contributed by atoms with Crippen molar-refractivity contribution in [2.24, 2.45) is 12.0 Å². The second-order valence-corrected chi connectivity index (χ2v) is 8.27. The van der Waals surface area contributed by atoms with Crippen LogP contribution < -0.4 is 10.6 Å². The van der Waals surface area contributed by atoms with Gasteiger partial charge in [-0.15, -0.1) is 24.0 Å². The second kappa shape index (κ2) is 11.3. The van der Waals surface area contributed by atoms with Crippen LogP contribution in [0.1, 0.15) is 50.1 Å². The van der Waals surface area contributed by atoms with Gasteiger partial charge in [-0.25, -0.2) is 0 Å². The molecule has 28 heavy (non-hydrogen) atoms. The maximum atomic E-state index is 4.45. The molecule has 1 aromatic heterocycles. The number of likely N-dealkylation sites (tertiary alicyclic amines) is 1. The van der Waals surface area contributed by atoms with Gasteiger partial charge in [0.25, 0.3) is 0 Å². The van der Waals surface area contributed by atoms with E-state index in [0.29, 0.717) is 6.04 Å². The maximum Gasteiger partial charge on any atom is 0.191 e. The Bertz CT molecular complexity index is 601. The Morgan fingerprint density at radius 1 is 1.25 bits per heavy atom. The molecule has 2 aliphatic rings. The van der Waals surface area contributed by atoms with Gasteiger partial charge in [0.15, 0.2) is 5.96 Å². The Morgan fingerprint density at radius 2 is 1.93 bits per heavy atom. The number of guanidine groups is 1. The second-order valence-electron chi connectivity index (χ2n) is 8.27. The van der Waals surface area contributed by atoms with Gasteiger partial charge in [0.05, 0.1) is 12.2 Å². The quantitative estimate of drug-likeness (QED) is 0.354. The van der Waals surface area contributed by atoms with Gasteiger partial charge in [0.2, 0.25) is 0 Å². The Balaban J connectivity index is 0.00000280. The van der Waals surface area contributed by atoms with Crippen LogP contribution in [0.2, 0.25) is 0 Å². The van der Waals surface area contributed by atoms with Gasteiger partial charge in [-0.05, 0) is 39.8 Å². The molecule has 0 radical (unpaired) electrons. The third-order valence-electron chi connectivity index (χ3n) is 6.13. The Kier molecular flexibility index (Phi) is 9.49. The molecule has 0 amide bonds. The molecule has 3 rings (SSSR count). The summed E-state index contributed by atoms with van der Waals surface area (Å²) in [5, 5.41) is 11.5. The Hall–Kier alpha value is -0.870. The van der Waals surface area contributed by atoms with Crippen LogP contribution in [0.15, 0.2) is 17.4 Å². The summed E-state index contributed by atoms with van der Waals surface area (Å²) in [6.07, 6.45) is 12.1. The molecule has 2 heterocycles. The zero-order valence-corrected chi connectivity index (χ0v) is 20.2. The number of likely N-dealkylation sites (N-methyl/N-ethyl adjacent to an activating group) is 1. The lowest BCUT2D eigenvalue weighted by Crippen LogP contribution is -2.51. The fraction of sp³-hybridized carbons (Fsp3) is 0.800.